The van der Waals surface area contributed by atoms with Crippen LogP contribution in [0.5, 0.6) is 5.75 Å². The maximum Gasteiger partial charge on any atom is 0.336 e. The van der Waals surface area contributed by atoms with Crippen LogP contribution in [0.25, 0.3) is 22.1 Å². The van der Waals surface area contributed by atoms with Crippen molar-refractivity contribution in [3.8, 4) is 16.9 Å². The van der Waals surface area contributed by atoms with Crippen LogP contribution in [0, 0.1) is 0 Å². The second-order valence-electron chi connectivity index (χ2n) is 7.35. The van der Waals surface area contributed by atoms with E-state index in [2.05, 4.69) is 0 Å². The van der Waals surface area contributed by atoms with Gasteiger partial charge in [0.25, 0.3) is 5.91 Å². The van der Waals surface area contributed by atoms with Gasteiger partial charge in [0.2, 0.25) is 0 Å². The van der Waals surface area contributed by atoms with E-state index in [1.165, 1.54) is 11.0 Å². The second-order valence-corrected chi connectivity index (χ2v) is 9.58. The Balaban J connectivity index is 1.52. The van der Waals surface area contributed by atoms with Crippen molar-refractivity contribution in [1.82, 2.24) is 4.90 Å². The van der Waals surface area contributed by atoms with Crippen molar-refractivity contribution in [2.75, 3.05) is 25.2 Å². The molecule has 3 aromatic rings. The Bertz CT molecular complexity index is 1250. The molecule has 1 saturated heterocycles. The summed E-state index contributed by atoms with van der Waals surface area (Å²) in [5.41, 5.74) is 1.54. The molecule has 0 radical (unpaired) electrons. The van der Waals surface area contributed by atoms with Crippen LogP contribution in [0.15, 0.2) is 63.8 Å². The fourth-order valence-corrected chi connectivity index (χ4v) is 5.40. The number of amides is 1. The van der Waals surface area contributed by atoms with E-state index in [1.807, 2.05) is 30.3 Å². The molecule has 1 aliphatic rings. The molecule has 2 heterocycles. The molecule has 156 valence electrons. The highest BCUT2D eigenvalue weighted by molar-refractivity contribution is 7.91. The van der Waals surface area contributed by atoms with E-state index in [0.717, 1.165) is 16.5 Å². The molecule has 30 heavy (non-hydrogen) atoms. The molecule has 1 fully saturated rings. The van der Waals surface area contributed by atoms with E-state index in [0.29, 0.717) is 17.8 Å². The van der Waals surface area contributed by atoms with Gasteiger partial charge in [0.15, 0.2) is 16.4 Å². The number of likely N-dealkylation sites (N-methyl/N-ethyl adjacent to an activating group) is 1. The van der Waals surface area contributed by atoms with Crippen molar-refractivity contribution in [2.24, 2.45) is 0 Å². The van der Waals surface area contributed by atoms with Crippen molar-refractivity contribution >= 4 is 26.7 Å². The van der Waals surface area contributed by atoms with E-state index in [1.54, 1.807) is 25.2 Å². The second kappa shape index (κ2) is 7.95. The summed E-state index contributed by atoms with van der Waals surface area (Å²) in [5, 5.41) is 0.757. The molecule has 0 aliphatic carbocycles. The molecule has 1 amide bonds. The lowest BCUT2D eigenvalue weighted by Gasteiger charge is -2.23. The third-order valence-corrected chi connectivity index (χ3v) is 7.06. The quantitative estimate of drug-likeness (QED) is 0.581. The standard InChI is InChI=1S/C22H21NO6S/c1-23(16-9-10-30(26,27)14-16)21(24)13-28-17-7-8-18-19(15-5-3-2-4-6-15)12-22(25)29-20(18)11-17/h2-8,11-12,16H,9-10,13-14H2,1H3/t16-/m1/s1. The SMILES string of the molecule is CN(C(=O)COc1ccc2c(-c3ccccc3)cc(=O)oc2c1)[C@@H]1CCS(=O)(=O)C1. The Morgan fingerprint density at radius 3 is 2.63 bits per heavy atom. The number of benzene rings is 2. The maximum atomic E-state index is 12.4. The van der Waals surface area contributed by atoms with Crippen LogP contribution in [0.2, 0.25) is 0 Å². The van der Waals surface area contributed by atoms with Crippen LogP contribution < -0.4 is 10.4 Å². The van der Waals surface area contributed by atoms with Crippen molar-refractivity contribution in [3.63, 3.8) is 0 Å². The minimum absolute atomic E-state index is 0.0152. The highest BCUT2D eigenvalue weighted by Gasteiger charge is 2.32. The largest absolute Gasteiger partial charge is 0.484 e. The van der Waals surface area contributed by atoms with Gasteiger partial charge < -0.3 is 14.1 Å². The van der Waals surface area contributed by atoms with Gasteiger partial charge in [-0.15, -0.1) is 0 Å². The summed E-state index contributed by atoms with van der Waals surface area (Å²) in [4.78, 5) is 25.9. The first-order chi connectivity index (χ1) is 14.3. The number of carbonyl (C=O) groups is 1. The number of sulfone groups is 1. The minimum Gasteiger partial charge on any atom is -0.484 e. The average molecular weight is 427 g/mol. The molecular formula is C22H21NO6S. The molecule has 7 nitrogen and oxygen atoms in total. The zero-order chi connectivity index (χ0) is 21.3. The number of hydrogen-bond donors (Lipinski definition) is 0. The van der Waals surface area contributed by atoms with Crippen molar-refractivity contribution in [3.05, 3.63) is 65.0 Å². The van der Waals surface area contributed by atoms with Crippen LogP contribution in [-0.2, 0) is 14.6 Å². The summed E-state index contributed by atoms with van der Waals surface area (Å²) < 4.78 is 34.2. The highest BCUT2D eigenvalue weighted by Crippen LogP contribution is 2.29. The number of carbonyl (C=O) groups excluding carboxylic acids is 1. The van der Waals surface area contributed by atoms with E-state index < -0.39 is 15.5 Å². The molecule has 4 rings (SSSR count). The number of fused-ring (bicyclic) bond motifs is 1. The molecule has 2 aromatic carbocycles. The number of hydrogen-bond acceptors (Lipinski definition) is 6. The lowest BCUT2D eigenvalue weighted by Crippen LogP contribution is -2.40. The predicted octanol–water partition coefficient (Wildman–Crippen LogP) is 2.48. The monoisotopic (exact) mass is 427 g/mol. The van der Waals surface area contributed by atoms with Crippen LogP contribution in [0.1, 0.15) is 6.42 Å². The first-order valence-corrected chi connectivity index (χ1v) is 11.4. The zero-order valence-electron chi connectivity index (χ0n) is 16.4. The van der Waals surface area contributed by atoms with Gasteiger partial charge in [-0.05, 0) is 29.7 Å². The lowest BCUT2D eigenvalue weighted by atomic mass is 10.0. The van der Waals surface area contributed by atoms with E-state index >= 15 is 0 Å². The van der Waals surface area contributed by atoms with Gasteiger partial charge in [-0.25, -0.2) is 13.2 Å². The minimum atomic E-state index is -3.07. The summed E-state index contributed by atoms with van der Waals surface area (Å²) >= 11 is 0. The summed E-state index contributed by atoms with van der Waals surface area (Å²) in [6.07, 6.45) is 0.438. The Kier molecular flexibility index (Phi) is 5.34. The van der Waals surface area contributed by atoms with E-state index in [4.69, 9.17) is 9.15 Å². The van der Waals surface area contributed by atoms with Gasteiger partial charge in [0.1, 0.15) is 11.3 Å². The van der Waals surface area contributed by atoms with Crippen LogP contribution >= 0.6 is 0 Å². The molecule has 0 unspecified atom stereocenters. The number of rotatable bonds is 5. The Hall–Kier alpha value is -3.13. The fourth-order valence-electron chi connectivity index (χ4n) is 3.62. The molecule has 1 aliphatic heterocycles. The van der Waals surface area contributed by atoms with Crippen molar-refractivity contribution < 1.29 is 22.4 Å². The summed E-state index contributed by atoms with van der Waals surface area (Å²) in [6, 6.07) is 15.7. The predicted molar refractivity (Wildman–Crippen MR) is 113 cm³/mol. The van der Waals surface area contributed by atoms with Gasteiger partial charge in [-0.3, -0.25) is 4.79 Å². The molecule has 8 heteroatoms. The molecule has 0 bridgehead atoms. The van der Waals surface area contributed by atoms with Crippen LogP contribution in [-0.4, -0.2) is 50.4 Å². The molecule has 0 spiro atoms. The summed E-state index contributed by atoms with van der Waals surface area (Å²) in [7, 11) is -1.49. The molecular weight excluding hydrogens is 406 g/mol. The van der Waals surface area contributed by atoms with E-state index in [-0.39, 0.29) is 30.1 Å². The van der Waals surface area contributed by atoms with Crippen molar-refractivity contribution in [2.45, 2.75) is 12.5 Å². The third kappa shape index (κ3) is 4.23. The Morgan fingerprint density at radius 2 is 1.93 bits per heavy atom. The Morgan fingerprint density at radius 1 is 1.17 bits per heavy atom. The summed E-state index contributed by atoms with van der Waals surface area (Å²) in [5.74, 6) is 0.163. The normalized spacial score (nSPS) is 17.7. The third-order valence-electron chi connectivity index (χ3n) is 5.31. The van der Waals surface area contributed by atoms with Gasteiger partial charge in [0, 0.05) is 30.6 Å². The molecule has 0 N–H and O–H groups in total. The lowest BCUT2D eigenvalue weighted by molar-refractivity contribution is -0.133. The topological polar surface area (TPSA) is 93.9 Å². The fraction of sp³-hybridized carbons (Fsp3) is 0.273. The van der Waals surface area contributed by atoms with Gasteiger partial charge in [-0.1, -0.05) is 30.3 Å². The highest BCUT2D eigenvalue weighted by atomic mass is 32.2. The van der Waals surface area contributed by atoms with Crippen molar-refractivity contribution in [1.29, 1.82) is 0 Å². The maximum absolute atomic E-state index is 12.4. The van der Waals surface area contributed by atoms with Gasteiger partial charge in [0.05, 0.1) is 11.5 Å². The van der Waals surface area contributed by atoms with Gasteiger partial charge in [-0.2, -0.15) is 0 Å². The average Bonchev–Trinajstić information content (AvgIpc) is 3.10. The number of nitrogens with zero attached hydrogens (tertiary/aromatic N) is 1. The molecule has 1 aromatic heterocycles. The Labute approximate surface area is 173 Å². The summed E-state index contributed by atoms with van der Waals surface area (Å²) in [6.45, 7) is -0.235. The van der Waals surface area contributed by atoms with Gasteiger partial charge >= 0.3 is 5.63 Å². The number of ether oxygens (including phenoxy) is 1. The molecule has 1 atom stereocenters. The zero-order valence-corrected chi connectivity index (χ0v) is 17.2. The molecule has 0 saturated carbocycles. The van der Waals surface area contributed by atoms with E-state index in [9.17, 15) is 18.0 Å². The smallest absolute Gasteiger partial charge is 0.336 e. The van der Waals surface area contributed by atoms with Crippen LogP contribution in [0.3, 0.4) is 0 Å². The van der Waals surface area contributed by atoms with Crippen LogP contribution in [0.4, 0.5) is 0 Å². The first kappa shape index (κ1) is 20.2. The first-order valence-electron chi connectivity index (χ1n) is 9.55.